The molecular formula is C16H15ClN4. The largest absolute Gasteiger partial charge is 0.366 e. The van der Waals surface area contributed by atoms with Crippen molar-refractivity contribution in [3.63, 3.8) is 0 Å². The van der Waals surface area contributed by atoms with Gasteiger partial charge >= 0.3 is 0 Å². The minimum absolute atomic E-state index is 0.487. The Morgan fingerprint density at radius 1 is 1.10 bits per heavy atom. The second-order valence-electron chi connectivity index (χ2n) is 4.88. The van der Waals surface area contributed by atoms with Crippen LogP contribution in [0.2, 0.25) is 5.15 Å². The molecule has 0 atom stereocenters. The number of nitrogens with one attached hydrogen (secondary N) is 1. The van der Waals surface area contributed by atoms with E-state index in [4.69, 9.17) is 11.6 Å². The monoisotopic (exact) mass is 298 g/mol. The first kappa shape index (κ1) is 13.8. The van der Waals surface area contributed by atoms with Crippen molar-refractivity contribution in [2.45, 2.75) is 20.4 Å². The van der Waals surface area contributed by atoms with Crippen molar-refractivity contribution in [2.24, 2.45) is 0 Å². The number of hydrogen-bond donors (Lipinski definition) is 1. The lowest BCUT2D eigenvalue weighted by Crippen LogP contribution is -2.06. The number of aryl methyl sites for hydroxylation is 1. The van der Waals surface area contributed by atoms with Gasteiger partial charge in [-0.15, -0.1) is 0 Å². The van der Waals surface area contributed by atoms with Gasteiger partial charge in [-0.2, -0.15) is 0 Å². The molecule has 0 aliphatic heterocycles. The zero-order valence-electron chi connectivity index (χ0n) is 11.9. The van der Waals surface area contributed by atoms with Crippen molar-refractivity contribution in [1.82, 2.24) is 15.0 Å². The topological polar surface area (TPSA) is 50.7 Å². The maximum atomic E-state index is 6.09. The zero-order chi connectivity index (χ0) is 14.8. The third-order valence-electron chi connectivity index (χ3n) is 3.36. The Morgan fingerprint density at radius 2 is 1.90 bits per heavy atom. The number of aromatic nitrogens is 3. The van der Waals surface area contributed by atoms with Crippen molar-refractivity contribution in [3.05, 3.63) is 58.6 Å². The Morgan fingerprint density at radius 3 is 2.76 bits per heavy atom. The van der Waals surface area contributed by atoms with Crippen LogP contribution in [-0.4, -0.2) is 15.0 Å². The smallest absolute Gasteiger partial charge is 0.137 e. The lowest BCUT2D eigenvalue weighted by molar-refractivity contribution is 1.00. The summed E-state index contributed by atoms with van der Waals surface area (Å²) >= 11 is 6.09. The SMILES string of the molecule is Cc1nc(Cl)c(C)c(NCc2cccc3cccnc23)n1. The number of pyridine rings is 1. The van der Waals surface area contributed by atoms with Crippen LogP contribution in [0.15, 0.2) is 36.5 Å². The third kappa shape index (κ3) is 2.81. The lowest BCUT2D eigenvalue weighted by Gasteiger charge is -2.11. The van der Waals surface area contributed by atoms with Crippen molar-refractivity contribution in [3.8, 4) is 0 Å². The Bertz CT molecular complexity index is 796. The number of nitrogens with zero attached hydrogens (tertiary/aromatic N) is 3. The molecule has 2 aromatic heterocycles. The second kappa shape index (κ2) is 5.66. The van der Waals surface area contributed by atoms with Crippen LogP contribution in [0.25, 0.3) is 10.9 Å². The molecule has 4 nitrogen and oxygen atoms in total. The molecule has 0 spiro atoms. The quantitative estimate of drug-likeness (QED) is 0.745. The second-order valence-corrected chi connectivity index (χ2v) is 5.24. The molecular weight excluding hydrogens is 284 g/mol. The summed E-state index contributed by atoms with van der Waals surface area (Å²) in [7, 11) is 0. The number of anilines is 1. The van der Waals surface area contributed by atoms with Gasteiger partial charge in [-0.3, -0.25) is 4.98 Å². The number of fused-ring (bicyclic) bond motifs is 1. The van der Waals surface area contributed by atoms with Gasteiger partial charge in [-0.25, -0.2) is 9.97 Å². The van der Waals surface area contributed by atoms with Gasteiger partial charge in [0, 0.05) is 23.7 Å². The molecule has 0 saturated heterocycles. The highest BCUT2D eigenvalue weighted by Crippen LogP contribution is 2.21. The number of hydrogen-bond acceptors (Lipinski definition) is 4. The predicted octanol–water partition coefficient (Wildman–Crippen LogP) is 3.91. The molecule has 5 heteroatoms. The molecule has 0 saturated carbocycles. The maximum absolute atomic E-state index is 6.09. The molecule has 3 rings (SSSR count). The Kier molecular flexibility index (Phi) is 3.71. The van der Waals surface area contributed by atoms with Crippen molar-refractivity contribution < 1.29 is 0 Å². The van der Waals surface area contributed by atoms with Crippen LogP contribution in [-0.2, 0) is 6.54 Å². The highest BCUT2D eigenvalue weighted by Gasteiger charge is 2.08. The van der Waals surface area contributed by atoms with E-state index in [9.17, 15) is 0 Å². The van der Waals surface area contributed by atoms with Crippen LogP contribution >= 0.6 is 11.6 Å². The van der Waals surface area contributed by atoms with E-state index in [-0.39, 0.29) is 0 Å². The van der Waals surface area contributed by atoms with Gasteiger partial charge < -0.3 is 5.32 Å². The lowest BCUT2D eigenvalue weighted by atomic mass is 10.1. The van der Waals surface area contributed by atoms with E-state index in [0.29, 0.717) is 17.5 Å². The molecule has 0 aliphatic carbocycles. The number of halogens is 1. The van der Waals surface area contributed by atoms with Gasteiger partial charge in [0.15, 0.2) is 0 Å². The van der Waals surface area contributed by atoms with Gasteiger partial charge in [0.2, 0.25) is 0 Å². The summed E-state index contributed by atoms with van der Waals surface area (Å²) < 4.78 is 0. The Labute approximate surface area is 128 Å². The molecule has 0 unspecified atom stereocenters. The Balaban J connectivity index is 1.91. The van der Waals surface area contributed by atoms with Gasteiger partial charge in [0.25, 0.3) is 0 Å². The molecule has 0 aliphatic rings. The van der Waals surface area contributed by atoms with Crippen molar-refractivity contribution in [1.29, 1.82) is 0 Å². The van der Waals surface area contributed by atoms with Crippen LogP contribution < -0.4 is 5.32 Å². The van der Waals surface area contributed by atoms with Crippen molar-refractivity contribution >= 4 is 28.3 Å². The van der Waals surface area contributed by atoms with Crippen LogP contribution in [0.5, 0.6) is 0 Å². The molecule has 21 heavy (non-hydrogen) atoms. The molecule has 0 amide bonds. The fourth-order valence-electron chi connectivity index (χ4n) is 2.26. The first-order valence-electron chi connectivity index (χ1n) is 6.72. The fraction of sp³-hybridized carbons (Fsp3) is 0.188. The molecule has 0 fully saturated rings. The molecule has 0 radical (unpaired) electrons. The Hall–Kier alpha value is -2.20. The van der Waals surface area contributed by atoms with E-state index in [1.54, 1.807) is 0 Å². The van der Waals surface area contributed by atoms with Gasteiger partial charge in [0.05, 0.1) is 5.52 Å². The molecule has 1 N–H and O–H groups in total. The summed E-state index contributed by atoms with van der Waals surface area (Å²) in [6, 6.07) is 10.2. The first-order chi connectivity index (χ1) is 10.1. The molecule has 2 heterocycles. The summed E-state index contributed by atoms with van der Waals surface area (Å²) in [6.07, 6.45) is 1.81. The van der Waals surface area contributed by atoms with E-state index < -0.39 is 0 Å². The highest BCUT2D eigenvalue weighted by molar-refractivity contribution is 6.30. The van der Waals surface area contributed by atoms with Crippen LogP contribution in [0.3, 0.4) is 0 Å². The normalized spacial score (nSPS) is 10.8. The molecule has 1 aromatic carbocycles. The minimum atomic E-state index is 0.487. The van der Waals surface area contributed by atoms with E-state index in [2.05, 4.69) is 38.5 Å². The van der Waals surface area contributed by atoms with E-state index in [0.717, 1.165) is 27.8 Å². The number of para-hydroxylation sites is 1. The van der Waals surface area contributed by atoms with Gasteiger partial charge in [-0.1, -0.05) is 35.9 Å². The molecule has 106 valence electrons. The van der Waals surface area contributed by atoms with Crippen molar-refractivity contribution in [2.75, 3.05) is 5.32 Å². The highest BCUT2D eigenvalue weighted by atomic mass is 35.5. The molecule has 3 aromatic rings. The standard InChI is InChI=1S/C16H15ClN4/c1-10-15(17)20-11(2)21-16(10)19-9-13-6-3-5-12-7-4-8-18-14(12)13/h3-8H,9H2,1-2H3,(H,19,20,21). The van der Waals surface area contributed by atoms with Crippen LogP contribution in [0.1, 0.15) is 17.0 Å². The van der Waals surface area contributed by atoms with Crippen LogP contribution in [0, 0.1) is 13.8 Å². The summed E-state index contributed by atoms with van der Waals surface area (Å²) in [5, 5.41) is 4.94. The number of rotatable bonds is 3. The van der Waals surface area contributed by atoms with E-state index in [1.807, 2.05) is 32.2 Å². The van der Waals surface area contributed by atoms with E-state index >= 15 is 0 Å². The summed E-state index contributed by atoms with van der Waals surface area (Å²) in [6.45, 7) is 4.38. The maximum Gasteiger partial charge on any atom is 0.137 e. The summed E-state index contributed by atoms with van der Waals surface area (Å²) in [5.41, 5.74) is 2.98. The van der Waals surface area contributed by atoms with Gasteiger partial charge in [-0.05, 0) is 25.5 Å². The van der Waals surface area contributed by atoms with E-state index in [1.165, 1.54) is 0 Å². The minimum Gasteiger partial charge on any atom is -0.366 e. The number of benzene rings is 1. The zero-order valence-corrected chi connectivity index (χ0v) is 12.6. The average molecular weight is 299 g/mol. The summed E-state index contributed by atoms with van der Waals surface area (Å²) in [4.78, 5) is 13.0. The average Bonchev–Trinajstić information content (AvgIpc) is 2.49. The molecule has 0 bridgehead atoms. The third-order valence-corrected chi connectivity index (χ3v) is 3.73. The van der Waals surface area contributed by atoms with Crippen LogP contribution in [0.4, 0.5) is 5.82 Å². The predicted molar refractivity (Wildman–Crippen MR) is 85.6 cm³/mol. The summed E-state index contributed by atoms with van der Waals surface area (Å²) in [5.74, 6) is 1.42. The fourth-order valence-corrected chi connectivity index (χ4v) is 2.47. The first-order valence-corrected chi connectivity index (χ1v) is 7.10. The van der Waals surface area contributed by atoms with Gasteiger partial charge in [0.1, 0.15) is 16.8 Å².